The van der Waals surface area contributed by atoms with E-state index in [0.29, 0.717) is 11.4 Å². The van der Waals surface area contributed by atoms with E-state index in [4.69, 9.17) is 8.83 Å². The van der Waals surface area contributed by atoms with Crippen molar-refractivity contribution in [2.24, 2.45) is 0 Å². The van der Waals surface area contributed by atoms with Crippen molar-refractivity contribution in [3.63, 3.8) is 0 Å². The van der Waals surface area contributed by atoms with Crippen molar-refractivity contribution in [1.29, 1.82) is 0 Å². The first-order valence-electron chi connectivity index (χ1n) is 10.2. The van der Waals surface area contributed by atoms with Crippen LogP contribution in [0.4, 0.5) is 23.4 Å². The maximum Gasteiger partial charge on any atom is 0.294 e. The Morgan fingerprint density at radius 3 is 1.46 bits per heavy atom. The third kappa shape index (κ3) is 6.23. The van der Waals surface area contributed by atoms with E-state index in [1.165, 1.54) is 73.5 Å². The second-order valence-corrected chi connectivity index (χ2v) is 8.98. The summed E-state index contributed by atoms with van der Waals surface area (Å²) >= 11 is 0. The SMILES string of the molecule is O=C(CNc1ncco1)Nc1ccc(S(=O)(=O)c2ccc(NC(=O)CNc3ncco3)cc2)cc1.[HH].[HH].[HH].[HH]. The lowest BCUT2D eigenvalue weighted by molar-refractivity contribution is -0.115. The summed E-state index contributed by atoms with van der Waals surface area (Å²) in [6.07, 6.45) is 5.65. The van der Waals surface area contributed by atoms with Crippen LogP contribution in [0.5, 0.6) is 0 Å². The minimum Gasteiger partial charge on any atom is -0.432 e. The summed E-state index contributed by atoms with van der Waals surface area (Å²) < 4.78 is 35.8. The lowest BCUT2D eigenvalue weighted by Crippen LogP contribution is -2.22. The van der Waals surface area contributed by atoms with Gasteiger partial charge in [0.25, 0.3) is 12.0 Å². The van der Waals surface area contributed by atoms with Gasteiger partial charge in [0.1, 0.15) is 12.5 Å². The average molecular weight is 505 g/mol. The second-order valence-electron chi connectivity index (χ2n) is 7.03. The van der Waals surface area contributed by atoms with E-state index >= 15 is 0 Å². The Kier molecular flexibility index (Phi) is 7.07. The molecule has 0 aliphatic rings. The smallest absolute Gasteiger partial charge is 0.294 e. The second kappa shape index (κ2) is 10.5. The summed E-state index contributed by atoms with van der Waals surface area (Å²) in [4.78, 5) is 31.8. The minimum atomic E-state index is -3.80. The maximum atomic E-state index is 12.9. The molecule has 0 aliphatic heterocycles. The fraction of sp³-hybridized carbons (Fsp3) is 0.0909. The maximum absolute atomic E-state index is 12.9. The topological polar surface area (TPSA) is 168 Å². The van der Waals surface area contributed by atoms with Gasteiger partial charge in [-0.2, -0.15) is 0 Å². The van der Waals surface area contributed by atoms with Gasteiger partial charge in [-0.05, 0) is 48.5 Å². The highest BCUT2D eigenvalue weighted by molar-refractivity contribution is 7.91. The number of benzene rings is 2. The Labute approximate surface area is 205 Å². The molecule has 188 valence electrons. The summed E-state index contributed by atoms with van der Waals surface area (Å²) in [6.45, 7) is -0.140. The number of aromatic nitrogens is 2. The van der Waals surface area contributed by atoms with E-state index in [-0.39, 0.29) is 52.4 Å². The van der Waals surface area contributed by atoms with Crippen LogP contribution in [0.1, 0.15) is 5.71 Å². The summed E-state index contributed by atoms with van der Waals surface area (Å²) in [5.74, 6) is -0.709. The molecule has 13 heteroatoms. The van der Waals surface area contributed by atoms with E-state index in [0.717, 1.165) is 0 Å². The number of oxazole rings is 2. The first-order valence-corrected chi connectivity index (χ1v) is 11.7. The van der Waals surface area contributed by atoms with E-state index in [1.54, 1.807) is 0 Å². The van der Waals surface area contributed by atoms with Crippen molar-refractivity contribution >= 4 is 45.1 Å². The summed E-state index contributed by atoms with van der Waals surface area (Å²) in [7, 11) is -3.80. The molecule has 4 rings (SSSR count). The summed E-state index contributed by atoms with van der Waals surface area (Å²) in [6, 6.07) is 12.0. The molecule has 0 unspecified atom stereocenters. The number of nitrogens with one attached hydrogen (secondary N) is 4. The largest absolute Gasteiger partial charge is 0.432 e. The van der Waals surface area contributed by atoms with Gasteiger partial charge in [-0.15, -0.1) is 0 Å². The number of sulfone groups is 1. The predicted octanol–water partition coefficient (Wildman–Crippen LogP) is 3.58. The number of carbonyl (C=O) groups excluding carboxylic acids is 2. The number of anilines is 4. The molecule has 0 saturated carbocycles. The molecule has 0 spiro atoms. The molecule has 2 heterocycles. The van der Waals surface area contributed by atoms with Gasteiger partial charge in [-0.1, -0.05) is 0 Å². The molecule has 35 heavy (non-hydrogen) atoms. The van der Waals surface area contributed by atoms with E-state index < -0.39 is 9.84 Å². The minimum absolute atomic E-state index is 0. The van der Waals surface area contributed by atoms with Gasteiger partial charge in [0.15, 0.2) is 0 Å². The summed E-state index contributed by atoms with van der Waals surface area (Å²) in [5.41, 5.74) is 0.860. The Bertz CT molecular complexity index is 1290. The highest BCUT2D eigenvalue weighted by atomic mass is 32.2. The van der Waals surface area contributed by atoms with Crippen LogP contribution in [0.15, 0.2) is 92.1 Å². The van der Waals surface area contributed by atoms with Crippen LogP contribution in [0, 0.1) is 0 Å². The van der Waals surface area contributed by atoms with Crippen LogP contribution in [0.25, 0.3) is 0 Å². The van der Waals surface area contributed by atoms with Gasteiger partial charge in [-0.25, -0.2) is 18.4 Å². The van der Waals surface area contributed by atoms with Crippen molar-refractivity contribution in [2.45, 2.75) is 9.79 Å². The molecule has 0 aliphatic carbocycles. The molecule has 2 aromatic heterocycles. The molecule has 2 aromatic carbocycles. The molecule has 2 amide bonds. The van der Waals surface area contributed by atoms with Gasteiger partial charge in [0.2, 0.25) is 21.7 Å². The van der Waals surface area contributed by atoms with Crippen molar-refractivity contribution < 1.29 is 32.5 Å². The standard InChI is InChI=1S/C22H20N6O6S.4H2/c29-19(13-25-21-23-9-11-33-21)27-15-1-5-17(6-2-15)35(31,32)18-7-3-16(4-8-18)28-20(30)14-26-22-24-10-12-34-22;;;;/h1-12H,13-14H2,(H,23,25)(H,24,26)(H,27,29)(H,28,30);4*1H. The lowest BCUT2D eigenvalue weighted by Gasteiger charge is -2.09. The molecule has 0 radical (unpaired) electrons. The Morgan fingerprint density at radius 2 is 1.11 bits per heavy atom. The number of nitrogens with zero attached hydrogens (tertiary/aromatic N) is 2. The van der Waals surface area contributed by atoms with Gasteiger partial charge >= 0.3 is 0 Å². The van der Waals surface area contributed by atoms with Gasteiger partial charge < -0.3 is 30.1 Å². The van der Waals surface area contributed by atoms with Gasteiger partial charge in [0, 0.05) is 17.1 Å². The number of rotatable bonds is 10. The van der Waals surface area contributed by atoms with Crippen LogP contribution in [-0.4, -0.2) is 43.3 Å². The molecule has 0 saturated heterocycles. The fourth-order valence-corrected chi connectivity index (χ4v) is 4.18. The number of amides is 2. The van der Waals surface area contributed by atoms with Crippen LogP contribution in [-0.2, 0) is 19.4 Å². The highest BCUT2D eigenvalue weighted by Crippen LogP contribution is 2.24. The highest BCUT2D eigenvalue weighted by Gasteiger charge is 2.18. The fourth-order valence-electron chi connectivity index (χ4n) is 2.91. The van der Waals surface area contributed by atoms with Crippen LogP contribution in [0.3, 0.4) is 0 Å². The summed E-state index contributed by atoms with van der Waals surface area (Å²) in [5, 5.41) is 10.7. The predicted molar refractivity (Wildman–Crippen MR) is 134 cm³/mol. The first kappa shape index (κ1) is 23.5. The van der Waals surface area contributed by atoms with Crippen LogP contribution < -0.4 is 21.3 Å². The van der Waals surface area contributed by atoms with Gasteiger partial charge in [0.05, 0.1) is 35.3 Å². The lowest BCUT2D eigenvalue weighted by atomic mass is 10.3. The number of carbonyl (C=O) groups is 2. The quantitative estimate of drug-likeness (QED) is 0.250. The van der Waals surface area contributed by atoms with Crippen LogP contribution in [0.2, 0.25) is 0 Å². The molecule has 0 fully saturated rings. The van der Waals surface area contributed by atoms with E-state index in [2.05, 4.69) is 31.2 Å². The van der Waals surface area contributed by atoms with Crippen molar-refractivity contribution in [3.8, 4) is 0 Å². The van der Waals surface area contributed by atoms with Crippen molar-refractivity contribution in [1.82, 2.24) is 9.97 Å². The Morgan fingerprint density at radius 1 is 0.714 bits per heavy atom. The first-order chi connectivity index (χ1) is 16.9. The number of hydrogen-bond donors (Lipinski definition) is 4. The zero-order valence-electron chi connectivity index (χ0n) is 18.1. The zero-order chi connectivity index (χ0) is 24.7. The average Bonchev–Trinajstić information content (AvgIpc) is 3.57. The number of hydrogen-bond acceptors (Lipinski definition) is 10. The normalized spacial score (nSPS) is 11.0. The third-order valence-electron chi connectivity index (χ3n) is 4.56. The Balaban J connectivity index is 0.00000361. The molecule has 12 nitrogen and oxygen atoms in total. The molecule has 4 N–H and O–H groups in total. The van der Waals surface area contributed by atoms with Crippen molar-refractivity contribution in [3.05, 3.63) is 73.5 Å². The Hall–Kier alpha value is -4.65. The molecule has 0 atom stereocenters. The van der Waals surface area contributed by atoms with Crippen LogP contribution >= 0.6 is 0 Å². The van der Waals surface area contributed by atoms with E-state index in [9.17, 15) is 18.0 Å². The van der Waals surface area contributed by atoms with Gasteiger partial charge in [-0.3, -0.25) is 9.59 Å². The molecule has 0 bridgehead atoms. The molecular weight excluding hydrogens is 476 g/mol. The zero-order valence-corrected chi connectivity index (χ0v) is 18.9. The van der Waals surface area contributed by atoms with Crippen molar-refractivity contribution in [2.75, 3.05) is 34.4 Å². The van der Waals surface area contributed by atoms with E-state index in [1.807, 2.05) is 0 Å². The molecular formula is C22H28N6O6S. The molecule has 4 aromatic rings. The third-order valence-corrected chi connectivity index (χ3v) is 6.35. The monoisotopic (exact) mass is 504 g/mol.